The van der Waals surface area contributed by atoms with Crippen molar-refractivity contribution in [2.75, 3.05) is 13.7 Å². The van der Waals surface area contributed by atoms with Gasteiger partial charge < -0.3 is 19.0 Å². The van der Waals surface area contributed by atoms with E-state index in [9.17, 15) is 9.90 Å². The van der Waals surface area contributed by atoms with Crippen molar-refractivity contribution < 1.29 is 23.8 Å². The fraction of sp³-hybridized carbons (Fsp3) is 0.667. The molecule has 2 heterocycles. The highest BCUT2D eigenvalue weighted by Crippen LogP contribution is 2.45. The standard InChI is InChI=1S/C27H40O5/c1-18(2)7-11-23-20(9-10-22-6-5-13-31-22)17-32-26-16-25(28)21(15-24(23)26)14-19(3)8-12-27(29)30-4/h5-7,11,13-14,18,20-21,23-26,28H,8-10,12,15-17H2,1-4H3/b11-7+,19-14+. The molecule has 3 rings (SSSR count). The van der Waals surface area contributed by atoms with Crippen molar-refractivity contribution in [3.05, 3.63) is 48.0 Å². The maximum atomic E-state index is 11.5. The summed E-state index contributed by atoms with van der Waals surface area (Å²) >= 11 is 0. The van der Waals surface area contributed by atoms with E-state index in [2.05, 4.69) is 32.1 Å². The summed E-state index contributed by atoms with van der Waals surface area (Å²) in [5.74, 6) is 2.70. The number of fused-ring (bicyclic) bond motifs is 1. The quantitative estimate of drug-likeness (QED) is 0.411. The van der Waals surface area contributed by atoms with Gasteiger partial charge in [0.2, 0.25) is 0 Å². The third-order valence-corrected chi connectivity index (χ3v) is 7.06. The van der Waals surface area contributed by atoms with E-state index < -0.39 is 6.10 Å². The van der Waals surface area contributed by atoms with Gasteiger partial charge in [-0.3, -0.25) is 4.79 Å². The molecule has 5 heteroatoms. The molecule has 1 aliphatic heterocycles. The number of rotatable bonds is 9. The Morgan fingerprint density at radius 1 is 1.31 bits per heavy atom. The molecule has 1 saturated heterocycles. The Kier molecular flexibility index (Phi) is 9.18. The van der Waals surface area contributed by atoms with Crippen LogP contribution in [0.5, 0.6) is 0 Å². The predicted octanol–water partition coefficient (Wildman–Crippen LogP) is 5.34. The molecule has 178 valence electrons. The van der Waals surface area contributed by atoms with Crippen molar-refractivity contribution in [1.82, 2.24) is 0 Å². The van der Waals surface area contributed by atoms with E-state index >= 15 is 0 Å². The molecule has 0 amide bonds. The van der Waals surface area contributed by atoms with Crippen molar-refractivity contribution >= 4 is 5.97 Å². The number of aryl methyl sites for hydroxylation is 1. The van der Waals surface area contributed by atoms with Crippen molar-refractivity contribution in [2.45, 2.75) is 71.5 Å². The van der Waals surface area contributed by atoms with Crippen LogP contribution in [-0.2, 0) is 20.7 Å². The van der Waals surface area contributed by atoms with Gasteiger partial charge in [-0.1, -0.05) is 37.6 Å². The normalized spacial score (nSPS) is 31.1. The van der Waals surface area contributed by atoms with Crippen LogP contribution in [0.2, 0.25) is 0 Å². The molecule has 32 heavy (non-hydrogen) atoms. The Morgan fingerprint density at radius 3 is 2.81 bits per heavy atom. The Bertz CT molecular complexity index is 763. The molecule has 1 N–H and O–H groups in total. The molecule has 2 aliphatic rings. The first kappa shape index (κ1) is 24.8. The molecule has 5 nitrogen and oxygen atoms in total. The number of allylic oxidation sites excluding steroid dienone is 3. The Balaban J connectivity index is 1.72. The fourth-order valence-electron chi connectivity index (χ4n) is 5.25. The zero-order valence-corrected chi connectivity index (χ0v) is 20.0. The van der Waals surface area contributed by atoms with Gasteiger partial charge in [0.15, 0.2) is 0 Å². The molecule has 0 bridgehead atoms. The largest absolute Gasteiger partial charge is 0.469 e. The lowest BCUT2D eigenvalue weighted by molar-refractivity contribution is -0.140. The number of aliphatic hydroxyl groups is 1. The number of aliphatic hydroxyl groups excluding tert-OH is 1. The van der Waals surface area contributed by atoms with Gasteiger partial charge in [-0.25, -0.2) is 0 Å². The summed E-state index contributed by atoms with van der Waals surface area (Å²) in [5.41, 5.74) is 1.14. The summed E-state index contributed by atoms with van der Waals surface area (Å²) in [7, 11) is 1.42. The van der Waals surface area contributed by atoms with Crippen LogP contribution in [0.25, 0.3) is 0 Å². The molecule has 6 atom stereocenters. The smallest absolute Gasteiger partial charge is 0.305 e. The van der Waals surface area contributed by atoms with Crippen molar-refractivity contribution in [3.8, 4) is 0 Å². The predicted molar refractivity (Wildman–Crippen MR) is 125 cm³/mol. The first-order valence-electron chi connectivity index (χ1n) is 12.1. The second kappa shape index (κ2) is 11.9. The number of hydrogen-bond donors (Lipinski definition) is 1. The van der Waals surface area contributed by atoms with Crippen LogP contribution in [0, 0.1) is 29.6 Å². The van der Waals surface area contributed by atoms with Crippen LogP contribution < -0.4 is 0 Å². The minimum Gasteiger partial charge on any atom is -0.469 e. The minimum absolute atomic E-state index is 0.0938. The zero-order valence-electron chi connectivity index (χ0n) is 20.0. The van der Waals surface area contributed by atoms with Gasteiger partial charge in [0, 0.05) is 25.2 Å². The SMILES string of the molecule is COC(=O)CC/C(C)=C/C1CC2C(CC1O)OCC(CCc1ccco1)C2/C=C/C(C)C. The summed E-state index contributed by atoms with van der Waals surface area (Å²) in [6, 6.07) is 3.99. The molecular weight excluding hydrogens is 404 g/mol. The number of methoxy groups -OCH3 is 1. The Labute approximate surface area is 192 Å². The monoisotopic (exact) mass is 444 g/mol. The van der Waals surface area contributed by atoms with Gasteiger partial charge in [-0.15, -0.1) is 0 Å². The lowest BCUT2D eigenvalue weighted by atomic mass is 9.65. The summed E-state index contributed by atoms with van der Waals surface area (Å²) < 4.78 is 16.6. The van der Waals surface area contributed by atoms with Crippen LogP contribution in [0.1, 0.15) is 58.6 Å². The summed E-state index contributed by atoms with van der Waals surface area (Å²) in [5, 5.41) is 10.8. The number of hydrogen-bond acceptors (Lipinski definition) is 5. The van der Waals surface area contributed by atoms with Crippen molar-refractivity contribution in [2.24, 2.45) is 29.6 Å². The van der Waals surface area contributed by atoms with E-state index in [0.717, 1.165) is 37.2 Å². The van der Waals surface area contributed by atoms with Gasteiger partial charge in [-0.05, 0) is 62.0 Å². The molecule has 1 aliphatic carbocycles. The van der Waals surface area contributed by atoms with E-state index in [4.69, 9.17) is 13.9 Å². The maximum absolute atomic E-state index is 11.5. The van der Waals surface area contributed by atoms with Gasteiger partial charge in [0.1, 0.15) is 5.76 Å². The van der Waals surface area contributed by atoms with E-state index in [0.29, 0.717) is 42.9 Å². The second-order valence-electron chi connectivity index (χ2n) is 9.91. The summed E-state index contributed by atoms with van der Waals surface area (Å²) in [4.78, 5) is 11.5. The molecule has 0 radical (unpaired) electrons. The van der Waals surface area contributed by atoms with Crippen LogP contribution in [0.3, 0.4) is 0 Å². The number of furan rings is 1. The van der Waals surface area contributed by atoms with Gasteiger partial charge >= 0.3 is 5.97 Å². The number of carbonyl (C=O) groups excluding carboxylic acids is 1. The zero-order chi connectivity index (χ0) is 23.1. The molecule has 1 aromatic rings. The van der Waals surface area contributed by atoms with Crippen molar-refractivity contribution in [3.63, 3.8) is 0 Å². The molecule has 1 aromatic heterocycles. The summed E-state index contributed by atoms with van der Waals surface area (Å²) in [6.07, 6.45) is 12.9. The third-order valence-electron chi connectivity index (χ3n) is 7.06. The van der Waals surface area contributed by atoms with E-state index in [1.165, 1.54) is 7.11 Å². The van der Waals surface area contributed by atoms with Gasteiger partial charge in [0.05, 0.1) is 32.2 Å². The number of ether oxygens (including phenoxy) is 2. The van der Waals surface area contributed by atoms with Crippen LogP contribution in [0.4, 0.5) is 0 Å². The molecule has 6 unspecified atom stereocenters. The molecule has 0 aromatic carbocycles. The van der Waals surface area contributed by atoms with E-state index in [-0.39, 0.29) is 18.0 Å². The van der Waals surface area contributed by atoms with Crippen LogP contribution in [0.15, 0.2) is 46.6 Å². The lowest BCUT2D eigenvalue weighted by Crippen LogP contribution is -2.48. The fourth-order valence-corrected chi connectivity index (χ4v) is 5.25. The van der Waals surface area contributed by atoms with E-state index in [1.807, 2.05) is 19.1 Å². The van der Waals surface area contributed by atoms with Crippen LogP contribution in [-0.4, -0.2) is 37.0 Å². The first-order valence-corrected chi connectivity index (χ1v) is 12.1. The average Bonchev–Trinajstić information content (AvgIpc) is 3.29. The minimum atomic E-state index is -0.404. The molecule has 0 spiro atoms. The number of esters is 1. The Hall–Kier alpha value is -1.85. The highest BCUT2D eigenvalue weighted by atomic mass is 16.5. The number of carbonyl (C=O) groups is 1. The molecule has 1 saturated carbocycles. The van der Waals surface area contributed by atoms with Crippen molar-refractivity contribution in [1.29, 1.82) is 0 Å². The highest BCUT2D eigenvalue weighted by Gasteiger charge is 2.44. The summed E-state index contributed by atoms with van der Waals surface area (Å²) in [6.45, 7) is 7.21. The third kappa shape index (κ3) is 6.82. The second-order valence-corrected chi connectivity index (χ2v) is 9.91. The van der Waals surface area contributed by atoms with Crippen LogP contribution >= 0.6 is 0 Å². The van der Waals surface area contributed by atoms with E-state index in [1.54, 1.807) is 6.26 Å². The average molecular weight is 445 g/mol. The molecule has 2 fully saturated rings. The maximum Gasteiger partial charge on any atom is 0.305 e. The Morgan fingerprint density at radius 2 is 2.12 bits per heavy atom. The lowest BCUT2D eigenvalue weighted by Gasteiger charge is -2.48. The topological polar surface area (TPSA) is 68.9 Å². The van der Waals surface area contributed by atoms with Gasteiger partial charge in [0.25, 0.3) is 0 Å². The first-order chi connectivity index (χ1) is 15.4. The molecular formula is C27H40O5. The van der Waals surface area contributed by atoms with Gasteiger partial charge in [-0.2, -0.15) is 0 Å². The highest BCUT2D eigenvalue weighted by molar-refractivity contribution is 5.69.